The van der Waals surface area contributed by atoms with Crippen molar-refractivity contribution in [2.75, 3.05) is 24.9 Å². The molecular formula is C6H9N7O2. The molecule has 15 heavy (non-hydrogen) atoms. The van der Waals surface area contributed by atoms with Gasteiger partial charge in [0.25, 0.3) is 5.95 Å². The number of nitrogens with zero attached hydrogens (tertiary/aromatic N) is 5. The smallest absolute Gasteiger partial charge is 0.275 e. The zero-order valence-electron chi connectivity index (χ0n) is 7.91. The van der Waals surface area contributed by atoms with Gasteiger partial charge in [0.2, 0.25) is 18.3 Å². The molecule has 0 unspecified atom stereocenters. The van der Waals surface area contributed by atoms with Gasteiger partial charge in [0, 0.05) is 7.11 Å². The average Bonchev–Trinajstić information content (AvgIpc) is 2.18. The number of ether oxygens (including phenoxy) is 1. The number of nitrogens with two attached hydrogens (primary N) is 1. The molecule has 9 nitrogen and oxygen atoms in total. The monoisotopic (exact) mass is 211 g/mol. The van der Waals surface area contributed by atoms with Crippen molar-refractivity contribution < 1.29 is 9.53 Å². The first kappa shape index (κ1) is 10.9. The molecule has 9 heteroatoms. The van der Waals surface area contributed by atoms with Crippen molar-refractivity contribution in [3.05, 3.63) is 0 Å². The molecule has 1 aromatic heterocycles. The first-order valence-electron chi connectivity index (χ1n) is 3.84. The Labute approximate surface area is 84.8 Å². The Morgan fingerprint density at radius 2 is 2.33 bits per heavy atom. The van der Waals surface area contributed by atoms with Crippen molar-refractivity contribution in [2.24, 2.45) is 10.2 Å². The number of carbonyl (C=O) groups excluding carboxylic acids is 1. The maximum atomic E-state index is 10.1. The number of methoxy groups -OCH3 is 1. The number of amides is 1. The summed E-state index contributed by atoms with van der Waals surface area (Å²) in [5, 5.41) is 9.41. The summed E-state index contributed by atoms with van der Waals surface area (Å²) in [7, 11) is 1.47. The Kier molecular flexibility index (Phi) is 4.04. The van der Waals surface area contributed by atoms with Gasteiger partial charge in [0.05, 0.1) is 0 Å². The average molecular weight is 211 g/mol. The van der Waals surface area contributed by atoms with Crippen molar-refractivity contribution in [1.82, 2.24) is 15.0 Å². The normalized spacial score (nSPS) is 10.5. The SMILES string of the molecule is COCN=Nc1nc(N)nc(NC=O)n1. The van der Waals surface area contributed by atoms with Crippen molar-refractivity contribution in [1.29, 1.82) is 0 Å². The maximum Gasteiger partial charge on any atom is 0.275 e. The number of nitrogen functional groups attached to an aromatic ring is 1. The van der Waals surface area contributed by atoms with Crippen LogP contribution in [0.15, 0.2) is 10.2 Å². The molecule has 0 fully saturated rings. The van der Waals surface area contributed by atoms with Crippen LogP contribution >= 0.6 is 0 Å². The Bertz CT molecular complexity index is 366. The summed E-state index contributed by atoms with van der Waals surface area (Å²) in [4.78, 5) is 21.2. The first-order valence-corrected chi connectivity index (χ1v) is 3.84. The molecule has 1 heterocycles. The van der Waals surface area contributed by atoms with Crippen LogP contribution in [0.2, 0.25) is 0 Å². The molecule has 1 amide bonds. The van der Waals surface area contributed by atoms with E-state index in [4.69, 9.17) is 5.73 Å². The van der Waals surface area contributed by atoms with E-state index in [2.05, 4.69) is 35.2 Å². The van der Waals surface area contributed by atoms with E-state index in [-0.39, 0.29) is 24.6 Å². The molecule has 3 N–H and O–H groups in total. The molecule has 80 valence electrons. The van der Waals surface area contributed by atoms with Crippen molar-refractivity contribution in [2.45, 2.75) is 0 Å². The predicted octanol–water partition coefficient (Wildman–Crippen LogP) is -0.290. The molecule has 0 bridgehead atoms. The number of anilines is 2. The van der Waals surface area contributed by atoms with E-state index in [9.17, 15) is 4.79 Å². The van der Waals surface area contributed by atoms with Crippen molar-refractivity contribution in [3.63, 3.8) is 0 Å². The summed E-state index contributed by atoms with van der Waals surface area (Å²) in [6.07, 6.45) is 0.421. The topological polar surface area (TPSA) is 128 Å². The fraction of sp³-hybridized carbons (Fsp3) is 0.333. The summed E-state index contributed by atoms with van der Waals surface area (Å²) in [6.45, 7) is 0.0853. The fourth-order valence-corrected chi connectivity index (χ4v) is 0.693. The molecule has 0 radical (unpaired) electrons. The minimum Gasteiger partial charge on any atom is -0.368 e. The van der Waals surface area contributed by atoms with Crippen LogP contribution in [0.1, 0.15) is 0 Å². The Morgan fingerprint density at radius 1 is 1.53 bits per heavy atom. The molecule has 0 aromatic carbocycles. The fourth-order valence-electron chi connectivity index (χ4n) is 0.693. The molecule has 0 aliphatic rings. The number of carbonyl (C=O) groups is 1. The second-order valence-corrected chi connectivity index (χ2v) is 2.24. The van der Waals surface area contributed by atoms with E-state index in [0.29, 0.717) is 6.41 Å². The molecule has 0 saturated heterocycles. The van der Waals surface area contributed by atoms with Gasteiger partial charge in [-0.05, 0) is 0 Å². The molecule has 0 atom stereocenters. The van der Waals surface area contributed by atoms with Gasteiger partial charge < -0.3 is 10.5 Å². The van der Waals surface area contributed by atoms with Crippen LogP contribution in [0, 0.1) is 0 Å². The summed E-state index contributed by atoms with van der Waals surface area (Å²) in [5.41, 5.74) is 5.34. The van der Waals surface area contributed by atoms with Gasteiger partial charge in [0.1, 0.15) is 0 Å². The van der Waals surface area contributed by atoms with Crippen molar-refractivity contribution >= 4 is 24.3 Å². The van der Waals surface area contributed by atoms with E-state index in [1.54, 1.807) is 0 Å². The van der Waals surface area contributed by atoms with Crippen LogP contribution in [0.25, 0.3) is 0 Å². The Morgan fingerprint density at radius 3 is 3.00 bits per heavy atom. The number of hydrogen-bond acceptors (Lipinski definition) is 8. The van der Waals surface area contributed by atoms with E-state index in [1.807, 2.05) is 0 Å². The first-order chi connectivity index (χ1) is 7.26. The quantitative estimate of drug-likeness (QED) is 0.508. The Balaban J connectivity index is 2.83. The summed E-state index contributed by atoms with van der Waals surface area (Å²) < 4.78 is 4.64. The minimum absolute atomic E-state index is 0.00361. The Hall–Kier alpha value is -2.16. The van der Waals surface area contributed by atoms with Crippen LogP contribution in [-0.2, 0) is 9.53 Å². The van der Waals surface area contributed by atoms with Crippen LogP contribution in [-0.4, -0.2) is 35.2 Å². The highest BCUT2D eigenvalue weighted by atomic mass is 16.5. The zero-order chi connectivity index (χ0) is 11.1. The van der Waals surface area contributed by atoms with Crippen LogP contribution in [0.5, 0.6) is 0 Å². The lowest BCUT2D eigenvalue weighted by atomic mass is 10.8. The van der Waals surface area contributed by atoms with Crippen LogP contribution in [0.4, 0.5) is 17.8 Å². The second kappa shape index (κ2) is 5.54. The maximum absolute atomic E-state index is 10.1. The number of nitrogens with one attached hydrogen (secondary N) is 1. The lowest BCUT2D eigenvalue weighted by molar-refractivity contribution is -0.105. The van der Waals surface area contributed by atoms with Gasteiger partial charge in [-0.1, -0.05) is 0 Å². The molecule has 1 aromatic rings. The highest BCUT2D eigenvalue weighted by Gasteiger charge is 2.01. The summed E-state index contributed by atoms with van der Waals surface area (Å²) in [5.74, 6) is -0.0338. The van der Waals surface area contributed by atoms with Crippen LogP contribution < -0.4 is 11.1 Å². The third-order valence-electron chi connectivity index (χ3n) is 1.18. The van der Waals surface area contributed by atoms with E-state index < -0.39 is 0 Å². The molecule has 0 aliphatic heterocycles. The van der Waals surface area contributed by atoms with Gasteiger partial charge in [-0.3, -0.25) is 10.1 Å². The standard InChI is InChI=1S/C6H9N7O2/c1-15-3-9-13-6-11-4(7)10-5(12-6)8-2-14/h2H,3H2,1H3,(H3,7,8,10,11,12,14). The second-order valence-electron chi connectivity index (χ2n) is 2.24. The number of azo groups is 1. The lowest BCUT2D eigenvalue weighted by Gasteiger charge is -1.98. The van der Waals surface area contributed by atoms with E-state index in [0.717, 1.165) is 0 Å². The highest BCUT2D eigenvalue weighted by molar-refractivity contribution is 5.67. The largest absolute Gasteiger partial charge is 0.368 e. The predicted molar refractivity (Wildman–Crippen MR) is 50.3 cm³/mol. The van der Waals surface area contributed by atoms with E-state index in [1.165, 1.54) is 7.11 Å². The van der Waals surface area contributed by atoms with E-state index >= 15 is 0 Å². The summed E-state index contributed by atoms with van der Waals surface area (Å²) in [6, 6.07) is 0. The number of hydrogen-bond donors (Lipinski definition) is 2. The highest BCUT2D eigenvalue weighted by Crippen LogP contribution is 2.09. The molecule has 0 spiro atoms. The molecule has 0 saturated carbocycles. The van der Waals surface area contributed by atoms with Crippen LogP contribution in [0.3, 0.4) is 0 Å². The number of rotatable bonds is 5. The van der Waals surface area contributed by atoms with Gasteiger partial charge in [0.15, 0.2) is 6.73 Å². The molecular weight excluding hydrogens is 202 g/mol. The third-order valence-corrected chi connectivity index (χ3v) is 1.18. The summed E-state index contributed by atoms with van der Waals surface area (Å²) >= 11 is 0. The minimum atomic E-state index is -0.0549. The van der Waals surface area contributed by atoms with Gasteiger partial charge in [-0.15, -0.1) is 5.11 Å². The molecule has 1 rings (SSSR count). The van der Waals surface area contributed by atoms with Gasteiger partial charge >= 0.3 is 0 Å². The van der Waals surface area contributed by atoms with Gasteiger partial charge in [-0.2, -0.15) is 20.1 Å². The molecule has 0 aliphatic carbocycles. The van der Waals surface area contributed by atoms with Gasteiger partial charge in [-0.25, -0.2) is 0 Å². The lowest BCUT2D eigenvalue weighted by Crippen LogP contribution is -2.04. The van der Waals surface area contributed by atoms with Crippen molar-refractivity contribution in [3.8, 4) is 0 Å². The zero-order valence-corrected chi connectivity index (χ0v) is 7.91. The third kappa shape index (κ3) is 3.60. The number of aromatic nitrogens is 3.